The van der Waals surface area contributed by atoms with Crippen LogP contribution in [-0.4, -0.2) is 47.3 Å². The molecule has 0 aliphatic rings. The van der Waals surface area contributed by atoms with Crippen molar-refractivity contribution in [2.75, 3.05) is 26.3 Å². The Kier molecular flexibility index (Phi) is 18.9. The third-order valence-corrected chi connectivity index (χ3v) is 4.18. The van der Waals surface area contributed by atoms with Gasteiger partial charge in [0, 0.05) is 19.5 Å². The van der Waals surface area contributed by atoms with Crippen LogP contribution in [0.3, 0.4) is 0 Å². The first-order chi connectivity index (χ1) is 12.8. The average molecular weight is 366 g/mol. The highest BCUT2D eigenvalue weighted by Crippen LogP contribution is 2.09. The van der Waals surface area contributed by atoms with Crippen molar-refractivity contribution in [3.63, 3.8) is 0 Å². The first kappa shape index (κ1) is 24.6. The first-order valence-corrected chi connectivity index (χ1v) is 10.2. The van der Waals surface area contributed by atoms with E-state index in [1.807, 2.05) is 0 Å². The van der Waals surface area contributed by atoms with E-state index in [0.717, 1.165) is 32.1 Å². The number of nitrogens with zero attached hydrogens (tertiary/aromatic N) is 1. The zero-order valence-corrected chi connectivity index (χ0v) is 16.6. The fourth-order valence-corrected chi connectivity index (χ4v) is 2.63. The SMILES string of the molecule is CCCCC=CC=CC=CCCCCCCCC(=O)N(CCO)CCO. The van der Waals surface area contributed by atoms with E-state index in [0.29, 0.717) is 19.5 Å². The summed E-state index contributed by atoms with van der Waals surface area (Å²) < 4.78 is 0. The van der Waals surface area contributed by atoms with Crippen LogP contribution in [0.15, 0.2) is 36.5 Å². The highest BCUT2D eigenvalue weighted by Gasteiger charge is 2.11. The molecule has 0 aliphatic heterocycles. The van der Waals surface area contributed by atoms with Crippen molar-refractivity contribution in [1.29, 1.82) is 0 Å². The molecule has 0 saturated carbocycles. The number of unbranched alkanes of at least 4 members (excludes halogenated alkanes) is 7. The van der Waals surface area contributed by atoms with Crippen LogP contribution in [0.25, 0.3) is 0 Å². The third-order valence-electron chi connectivity index (χ3n) is 4.18. The van der Waals surface area contributed by atoms with Crippen LogP contribution in [0.5, 0.6) is 0 Å². The predicted molar refractivity (Wildman–Crippen MR) is 110 cm³/mol. The Morgan fingerprint density at radius 2 is 1.31 bits per heavy atom. The van der Waals surface area contributed by atoms with E-state index >= 15 is 0 Å². The maximum atomic E-state index is 11.9. The van der Waals surface area contributed by atoms with Crippen LogP contribution < -0.4 is 0 Å². The molecule has 4 nitrogen and oxygen atoms in total. The predicted octanol–water partition coefficient (Wildman–Crippen LogP) is 4.39. The number of amides is 1. The second-order valence-electron chi connectivity index (χ2n) is 6.52. The molecule has 0 aromatic rings. The number of hydrogen-bond donors (Lipinski definition) is 2. The first-order valence-electron chi connectivity index (χ1n) is 10.2. The number of aliphatic hydroxyl groups is 2. The molecular formula is C22H39NO3. The summed E-state index contributed by atoms with van der Waals surface area (Å²) in [6.07, 6.45) is 23.6. The van der Waals surface area contributed by atoms with E-state index in [9.17, 15) is 4.79 Å². The Balaban J connectivity index is 3.55. The summed E-state index contributed by atoms with van der Waals surface area (Å²) in [5.74, 6) is 0.0339. The summed E-state index contributed by atoms with van der Waals surface area (Å²) in [5.41, 5.74) is 0. The van der Waals surface area contributed by atoms with Gasteiger partial charge in [-0.2, -0.15) is 0 Å². The van der Waals surface area contributed by atoms with Gasteiger partial charge in [-0.25, -0.2) is 0 Å². The quantitative estimate of drug-likeness (QED) is 0.297. The summed E-state index contributed by atoms with van der Waals surface area (Å²) in [5, 5.41) is 17.9. The molecule has 2 N–H and O–H groups in total. The van der Waals surface area contributed by atoms with Gasteiger partial charge >= 0.3 is 0 Å². The summed E-state index contributed by atoms with van der Waals surface area (Å²) in [7, 11) is 0. The lowest BCUT2D eigenvalue weighted by Gasteiger charge is -2.20. The van der Waals surface area contributed by atoms with Gasteiger partial charge in [-0.15, -0.1) is 0 Å². The van der Waals surface area contributed by atoms with Crippen molar-refractivity contribution in [3.8, 4) is 0 Å². The van der Waals surface area contributed by atoms with Crippen molar-refractivity contribution in [2.45, 2.75) is 71.1 Å². The molecule has 0 saturated heterocycles. The largest absolute Gasteiger partial charge is 0.395 e. The summed E-state index contributed by atoms with van der Waals surface area (Å²) in [6.45, 7) is 2.73. The molecule has 150 valence electrons. The molecule has 0 atom stereocenters. The Labute approximate surface area is 160 Å². The molecule has 4 heteroatoms. The summed E-state index contributed by atoms with van der Waals surface area (Å²) in [4.78, 5) is 13.5. The van der Waals surface area contributed by atoms with Gasteiger partial charge in [0.1, 0.15) is 0 Å². The van der Waals surface area contributed by atoms with Gasteiger partial charge in [-0.1, -0.05) is 75.5 Å². The summed E-state index contributed by atoms with van der Waals surface area (Å²) >= 11 is 0. The smallest absolute Gasteiger partial charge is 0.222 e. The van der Waals surface area contributed by atoms with Crippen LogP contribution in [0.4, 0.5) is 0 Å². The molecule has 0 aromatic carbocycles. The normalized spacial score (nSPS) is 12.0. The zero-order valence-electron chi connectivity index (χ0n) is 16.6. The van der Waals surface area contributed by atoms with Gasteiger partial charge in [0.2, 0.25) is 5.91 Å². The Morgan fingerprint density at radius 3 is 1.88 bits per heavy atom. The minimum absolute atomic E-state index is 0.0339. The second kappa shape index (κ2) is 19.9. The van der Waals surface area contributed by atoms with Gasteiger partial charge in [0.25, 0.3) is 0 Å². The van der Waals surface area contributed by atoms with Crippen LogP contribution in [0.1, 0.15) is 71.1 Å². The van der Waals surface area contributed by atoms with E-state index in [1.165, 1.54) is 30.6 Å². The molecule has 26 heavy (non-hydrogen) atoms. The molecule has 1 amide bonds. The molecule has 0 aliphatic carbocycles. The van der Waals surface area contributed by atoms with Gasteiger partial charge in [-0.05, 0) is 25.7 Å². The topological polar surface area (TPSA) is 60.8 Å². The molecule has 0 heterocycles. The molecule has 0 bridgehead atoms. The molecule has 0 unspecified atom stereocenters. The number of rotatable bonds is 17. The third kappa shape index (κ3) is 16.1. The molecule has 0 aromatic heterocycles. The maximum absolute atomic E-state index is 11.9. The van der Waals surface area contributed by atoms with Gasteiger partial charge in [-0.3, -0.25) is 4.79 Å². The van der Waals surface area contributed by atoms with Crippen molar-refractivity contribution in [3.05, 3.63) is 36.5 Å². The zero-order chi connectivity index (χ0) is 19.3. The number of allylic oxidation sites excluding steroid dienone is 6. The van der Waals surface area contributed by atoms with Crippen molar-refractivity contribution in [1.82, 2.24) is 4.90 Å². The number of carbonyl (C=O) groups is 1. The Bertz CT molecular complexity index is 396. The standard InChI is InChI=1S/C22H39NO3/c1-2-3-4-5-6-7-8-9-10-11-12-13-14-15-16-17-22(26)23(18-20-24)19-21-25/h5-10,24-25H,2-4,11-21H2,1H3. The van der Waals surface area contributed by atoms with Crippen molar-refractivity contribution < 1.29 is 15.0 Å². The molecular weight excluding hydrogens is 326 g/mol. The number of carbonyl (C=O) groups excluding carboxylic acids is 1. The highest BCUT2D eigenvalue weighted by molar-refractivity contribution is 5.76. The van der Waals surface area contributed by atoms with Crippen LogP contribution in [-0.2, 0) is 4.79 Å². The average Bonchev–Trinajstić information content (AvgIpc) is 2.64. The fraction of sp³-hybridized carbons (Fsp3) is 0.682. The lowest BCUT2D eigenvalue weighted by Crippen LogP contribution is -2.35. The van der Waals surface area contributed by atoms with E-state index in [1.54, 1.807) is 0 Å². The van der Waals surface area contributed by atoms with Gasteiger partial charge in [0.15, 0.2) is 0 Å². The minimum atomic E-state index is -0.0520. The van der Waals surface area contributed by atoms with Crippen molar-refractivity contribution in [2.24, 2.45) is 0 Å². The molecule has 0 fully saturated rings. The number of hydrogen-bond acceptors (Lipinski definition) is 3. The lowest BCUT2D eigenvalue weighted by atomic mass is 10.1. The number of aliphatic hydroxyl groups excluding tert-OH is 2. The Morgan fingerprint density at radius 1 is 0.769 bits per heavy atom. The minimum Gasteiger partial charge on any atom is -0.395 e. The molecule has 0 spiro atoms. The van der Waals surface area contributed by atoms with E-state index in [2.05, 4.69) is 43.4 Å². The highest BCUT2D eigenvalue weighted by atomic mass is 16.3. The maximum Gasteiger partial charge on any atom is 0.222 e. The lowest BCUT2D eigenvalue weighted by molar-refractivity contribution is -0.132. The Hall–Kier alpha value is -1.39. The van der Waals surface area contributed by atoms with E-state index in [4.69, 9.17) is 10.2 Å². The van der Waals surface area contributed by atoms with Crippen LogP contribution in [0.2, 0.25) is 0 Å². The van der Waals surface area contributed by atoms with E-state index < -0.39 is 0 Å². The monoisotopic (exact) mass is 365 g/mol. The van der Waals surface area contributed by atoms with Crippen LogP contribution >= 0.6 is 0 Å². The van der Waals surface area contributed by atoms with Gasteiger partial charge < -0.3 is 15.1 Å². The molecule has 0 radical (unpaired) electrons. The van der Waals surface area contributed by atoms with Crippen molar-refractivity contribution >= 4 is 5.91 Å². The second-order valence-corrected chi connectivity index (χ2v) is 6.52. The fourth-order valence-electron chi connectivity index (χ4n) is 2.63. The van der Waals surface area contributed by atoms with Gasteiger partial charge in [0.05, 0.1) is 13.2 Å². The molecule has 0 rings (SSSR count). The summed E-state index contributed by atoms with van der Waals surface area (Å²) in [6, 6.07) is 0. The van der Waals surface area contributed by atoms with E-state index in [-0.39, 0.29) is 19.1 Å². The van der Waals surface area contributed by atoms with Crippen LogP contribution in [0, 0.1) is 0 Å².